The van der Waals surface area contributed by atoms with Crippen molar-refractivity contribution in [2.75, 3.05) is 0 Å². The topological polar surface area (TPSA) is 92.7 Å². The first-order valence-corrected chi connectivity index (χ1v) is 12.8. The molecular formula is C29H46N2O4. The van der Waals surface area contributed by atoms with Gasteiger partial charge in [0.1, 0.15) is 17.6 Å². The van der Waals surface area contributed by atoms with Gasteiger partial charge in [0.05, 0.1) is 6.04 Å². The minimum Gasteiger partial charge on any atom is -0.301 e. The zero-order valence-corrected chi connectivity index (χ0v) is 23.5. The van der Waals surface area contributed by atoms with Gasteiger partial charge in [0, 0.05) is 30.0 Å². The zero-order valence-electron chi connectivity index (χ0n) is 23.5. The number of aliphatic imine (C=N–C) groups is 1. The second-order valence-corrected chi connectivity index (χ2v) is 11.3. The number of Topliss-reactive ketones (excluding diaryl/α,β-unsaturated/α-hetero) is 3. The molecule has 0 aromatic rings. The molecule has 6 heteroatoms. The number of carbonyl (C=O) groups is 4. The summed E-state index contributed by atoms with van der Waals surface area (Å²) in [6, 6.07) is -0.804. The van der Waals surface area contributed by atoms with Crippen LogP contribution >= 0.6 is 0 Å². The van der Waals surface area contributed by atoms with Crippen molar-refractivity contribution in [1.29, 1.82) is 0 Å². The van der Waals surface area contributed by atoms with E-state index in [1.54, 1.807) is 27.7 Å². The van der Waals surface area contributed by atoms with Gasteiger partial charge in [-0.25, -0.2) is 0 Å². The second kappa shape index (κ2) is 12.7. The molecule has 1 rings (SSSR count). The van der Waals surface area contributed by atoms with E-state index in [2.05, 4.69) is 11.9 Å². The van der Waals surface area contributed by atoms with Crippen molar-refractivity contribution in [3.63, 3.8) is 0 Å². The van der Waals surface area contributed by atoms with E-state index in [4.69, 9.17) is 4.99 Å². The maximum absolute atomic E-state index is 13.4. The molecule has 0 radical (unpaired) electrons. The molecule has 0 amide bonds. The molecule has 0 saturated carbocycles. The largest absolute Gasteiger partial charge is 0.301 e. The molecule has 1 N–H and O–H groups in total. The Hall–Kier alpha value is -2.21. The highest BCUT2D eigenvalue weighted by Gasteiger charge is 2.39. The lowest BCUT2D eigenvalue weighted by atomic mass is 9.81. The van der Waals surface area contributed by atoms with E-state index in [0.29, 0.717) is 29.7 Å². The number of aldehydes is 1. The van der Waals surface area contributed by atoms with Gasteiger partial charge in [-0.3, -0.25) is 24.7 Å². The fraction of sp³-hybridized carbons (Fsp3) is 0.690. The first-order valence-electron chi connectivity index (χ1n) is 12.8. The third kappa shape index (κ3) is 7.89. The molecule has 5 unspecified atom stereocenters. The minimum absolute atomic E-state index is 0.0540. The van der Waals surface area contributed by atoms with Crippen molar-refractivity contribution in [2.24, 2.45) is 28.7 Å². The van der Waals surface area contributed by atoms with Crippen LogP contribution in [0.4, 0.5) is 0 Å². The molecule has 0 aromatic heterocycles. The quantitative estimate of drug-likeness (QED) is 0.306. The van der Waals surface area contributed by atoms with Crippen molar-refractivity contribution < 1.29 is 19.2 Å². The first-order chi connectivity index (χ1) is 16.0. The van der Waals surface area contributed by atoms with Gasteiger partial charge in [-0.1, -0.05) is 39.8 Å². The number of carbonyl (C=O) groups excluding carboxylic acids is 4. The van der Waals surface area contributed by atoms with Crippen LogP contribution < -0.4 is 5.32 Å². The summed E-state index contributed by atoms with van der Waals surface area (Å²) in [4.78, 5) is 56.2. The first kappa shape index (κ1) is 30.8. The summed E-state index contributed by atoms with van der Waals surface area (Å²) in [5.41, 5.74) is 0.935. The molecule has 1 heterocycles. The molecule has 0 saturated heterocycles. The fourth-order valence-electron chi connectivity index (χ4n) is 4.85. The lowest BCUT2D eigenvalue weighted by Gasteiger charge is -2.30. The van der Waals surface area contributed by atoms with Gasteiger partial charge in [0.15, 0.2) is 11.6 Å². The highest BCUT2D eigenvalue weighted by atomic mass is 16.1. The van der Waals surface area contributed by atoms with Gasteiger partial charge >= 0.3 is 0 Å². The van der Waals surface area contributed by atoms with Gasteiger partial charge < -0.3 is 4.79 Å². The van der Waals surface area contributed by atoms with Crippen molar-refractivity contribution in [1.82, 2.24) is 5.32 Å². The van der Waals surface area contributed by atoms with Crippen LogP contribution in [0.25, 0.3) is 0 Å². The monoisotopic (exact) mass is 486 g/mol. The molecular weight excluding hydrogens is 440 g/mol. The molecule has 5 atom stereocenters. The minimum atomic E-state index is -1.25. The lowest BCUT2D eigenvalue weighted by Crippen LogP contribution is -2.57. The van der Waals surface area contributed by atoms with Crippen LogP contribution in [0.5, 0.6) is 0 Å². The Morgan fingerprint density at radius 1 is 1.14 bits per heavy atom. The summed E-state index contributed by atoms with van der Waals surface area (Å²) in [6.45, 7) is 22.5. The Labute approximate surface area is 212 Å². The Balaban J connectivity index is 3.25. The van der Waals surface area contributed by atoms with Crippen LogP contribution in [-0.4, -0.2) is 47.0 Å². The highest BCUT2D eigenvalue weighted by Crippen LogP contribution is 2.29. The highest BCUT2D eigenvalue weighted by molar-refractivity contribution is 6.15. The van der Waals surface area contributed by atoms with E-state index in [9.17, 15) is 19.2 Å². The SMILES string of the molecule is C=C(C)C(=O)C(CC(C)C)C(C)=C(C)C(=O)C(C)NC(C)(C=O)C1=NC(C)CC(C(C)C)C(=O)C1. The molecule has 35 heavy (non-hydrogen) atoms. The molecule has 6 nitrogen and oxygen atoms in total. The Kier molecular flexibility index (Phi) is 11.1. The van der Waals surface area contributed by atoms with E-state index in [1.807, 2.05) is 41.5 Å². The average Bonchev–Trinajstić information content (AvgIpc) is 2.93. The third-order valence-electron chi connectivity index (χ3n) is 7.20. The summed E-state index contributed by atoms with van der Waals surface area (Å²) in [6.07, 6.45) is 2.11. The molecule has 0 aliphatic carbocycles. The van der Waals surface area contributed by atoms with Crippen molar-refractivity contribution in [2.45, 2.75) is 106 Å². The van der Waals surface area contributed by atoms with Crippen LogP contribution in [0.15, 0.2) is 28.3 Å². The molecule has 1 aliphatic rings. The summed E-state index contributed by atoms with van der Waals surface area (Å²) < 4.78 is 0. The summed E-state index contributed by atoms with van der Waals surface area (Å²) in [5.74, 6) is -0.186. The molecule has 196 valence electrons. The zero-order chi connectivity index (χ0) is 27.2. The molecule has 0 spiro atoms. The molecule has 0 bridgehead atoms. The van der Waals surface area contributed by atoms with Gasteiger partial charge in [-0.05, 0) is 77.4 Å². The molecule has 1 aliphatic heterocycles. The summed E-state index contributed by atoms with van der Waals surface area (Å²) in [5, 5.41) is 3.16. The molecule has 0 fully saturated rings. The van der Waals surface area contributed by atoms with Gasteiger partial charge in [0.25, 0.3) is 0 Å². The number of nitrogens with one attached hydrogen (secondary N) is 1. The number of hydrogen-bond donors (Lipinski definition) is 1. The number of nitrogens with zero attached hydrogens (tertiary/aromatic N) is 1. The number of ketones is 3. The lowest BCUT2D eigenvalue weighted by molar-refractivity contribution is -0.123. The van der Waals surface area contributed by atoms with Crippen LogP contribution in [-0.2, 0) is 19.2 Å². The van der Waals surface area contributed by atoms with Crippen molar-refractivity contribution in [3.05, 3.63) is 23.3 Å². The van der Waals surface area contributed by atoms with Gasteiger partial charge in [-0.15, -0.1) is 0 Å². The normalized spacial score (nSPS) is 23.1. The standard InChI is InChI=1S/C29H46N2O4/c1-16(2)12-24(27(34)18(5)6)20(8)21(9)28(35)22(10)31-29(11,15-32)26-14-25(33)23(17(3)4)13-19(7)30-26/h15-17,19,22-24,31H,5,12-14H2,1-4,6-11H3. The number of rotatable bonds is 12. The van der Waals surface area contributed by atoms with E-state index in [-0.39, 0.29) is 47.6 Å². The summed E-state index contributed by atoms with van der Waals surface area (Å²) in [7, 11) is 0. The summed E-state index contributed by atoms with van der Waals surface area (Å²) >= 11 is 0. The van der Waals surface area contributed by atoms with Gasteiger partial charge in [-0.2, -0.15) is 0 Å². The number of hydrogen-bond acceptors (Lipinski definition) is 6. The van der Waals surface area contributed by atoms with E-state index < -0.39 is 17.5 Å². The van der Waals surface area contributed by atoms with E-state index in [1.165, 1.54) is 0 Å². The Morgan fingerprint density at radius 3 is 2.17 bits per heavy atom. The fourth-order valence-corrected chi connectivity index (χ4v) is 4.85. The smallest absolute Gasteiger partial charge is 0.175 e. The van der Waals surface area contributed by atoms with Crippen LogP contribution in [0.3, 0.4) is 0 Å². The number of allylic oxidation sites excluding steroid dienone is 2. The predicted octanol–water partition coefficient (Wildman–Crippen LogP) is 5.10. The Morgan fingerprint density at radius 2 is 1.71 bits per heavy atom. The van der Waals surface area contributed by atoms with Crippen molar-refractivity contribution in [3.8, 4) is 0 Å². The van der Waals surface area contributed by atoms with Crippen LogP contribution in [0, 0.1) is 23.7 Å². The Bertz CT molecular complexity index is 912. The van der Waals surface area contributed by atoms with Crippen LogP contribution in [0.1, 0.15) is 88.5 Å². The van der Waals surface area contributed by atoms with Crippen LogP contribution in [0.2, 0.25) is 0 Å². The molecule has 0 aromatic carbocycles. The second-order valence-electron chi connectivity index (χ2n) is 11.3. The van der Waals surface area contributed by atoms with Gasteiger partial charge in [0.2, 0.25) is 0 Å². The maximum Gasteiger partial charge on any atom is 0.175 e. The van der Waals surface area contributed by atoms with E-state index >= 15 is 0 Å². The maximum atomic E-state index is 13.4. The third-order valence-corrected chi connectivity index (χ3v) is 7.20. The van der Waals surface area contributed by atoms with E-state index in [0.717, 1.165) is 11.9 Å². The predicted molar refractivity (Wildman–Crippen MR) is 143 cm³/mol. The van der Waals surface area contributed by atoms with Crippen molar-refractivity contribution >= 4 is 29.3 Å². The average molecular weight is 487 g/mol.